The average Bonchev–Trinajstić information content (AvgIpc) is 2.76. The molecule has 2 aliphatic rings. The molecular weight excluding hydrogens is 358 g/mol. The van der Waals surface area contributed by atoms with E-state index in [-0.39, 0.29) is 5.57 Å². The molecule has 2 heterocycles. The quantitative estimate of drug-likeness (QED) is 0.662. The number of para-hydroxylation sites is 2. The Hall–Kier alpha value is -4.28. The van der Waals surface area contributed by atoms with Gasteiger partial charge >= 0.3 is 0 Å². The summed E-state index contributed by atoms with van der Waals surface area (Å²) in [4.78, 5) is 2.12. The zero-order chi connectivity index (χ0) is 20.2. The Morgan fingerprint density at radius 2 is 1.76 bits per heavy atom. The van der Waals surface area contributed by atoms with Gasteiger partial charge in [-0.15, -0.1) is 0 Å². The average molecular weight is 375 g/mol. The van der Waals surface area contributed by atoms with E-state index in [4.69, 9.17) is 4.74 Å². The van der Waals surface area contributed by atoms with Gasteiger partial charge < -0.3 is 9.64 Å². The molecule has 0 fully saturated rings. The van der Waals surface area contributed by atoms with E-state index < -0.39 is 0 Å². The molecule has 0 bridgehead atoms. The first-order chi connectivity index (χ1) is 14.2. The van der Waals surface area contributed by atoms with Gasteiger partial charge in [0.15, 0.2) is 0 Å². The highest BCUT2D eigenvalue weighted by atomic mass is 16.5. The van der Waals surface area contributed by atoms with E-state index in [0.717, 1.165) is 16.9 Å². The summed E-state index contributed by atoms with van der Waals surface area (Å²) < 4.78 is 5.93. The molecule has 138 valence electrons. The molecule has 2 aromatic rings. The maximum atomic E-state index is 9.30. The van der Waals surface area contributed by atoms with Crippen LogP contribution in [0.25, 0.3) is 11.6 Å². The van der Waals surface area contributed by atoms with Crippen molar-refractivity contribution >= 4 is 17.3 Å². The summed E-state index contributed by atoms with van der Waals surface area (Å²) in [7, 11) is 2.03. The van der Waals surface area contributed by atoms with Crippen LogP contribution in [0.1, 0.15) is 11.1 Å². The number of fused-ring (bicyclic) bond motifs is 2. The van der Waals surface area contributed by atoms with Crippen LogP contribution in [0.2, 0.25) is 0 Å². The second kappa shape index (κ2) is 7.76. The molecule has 2 aliphatic heterocycles. The van der Waals surface area contributed by atoms with Crippen molar-refractivity contribution in [3.8, 4) is 17.9 Å². The second-order valence-electron chi connectivity index (χ2n) is 6.56. The van der Waals surface area contributed by atoms with Crippen molar-refractivity contribution in [1.82, 2.24) is 0 Å². The highest BCUT2D eigenvalue weighted by molar-refractivity contribution is 5.86. The Balaban J connectivity index is 1.65. The molecule has 29 heavy (non-hydrogen) atoms. The predicted octanol–water partition coefficient (Wildman–Crippen LogP) is 5.37. The molecule has 2 aromatic carbocycles. The standard InChI is InChI=1S/C25H17N3O/c1-28-20(14-13-18-7-2-4-11-24(18)28)8-6-9-21-15-23(19(16-26)17-27)22-10-3-5-12-25(22)29-21/h2-15H,1H3/b9-6+,20-8+. The molecule has 0 aliphatic carbocycles. The molecule has 0 atom stereocenters. The minimum atomic E-state index is 0.0663. The summed E-state index contributed by atoms with van der Waals surface area (Å²) in [5, 5.41) is 18.6. The molecule has 4 nitrogen and oxygen atoms in total. The molecule has 0 unspecified atom stereocenters. The summed E-state index contributed by atoms with van der Waals surface area (Å²) in [6.45, 7) is 0. The molecular formula is C25H17N3O. The molecule has 4 heteroatoms. The van der Waals surface area contributed by atoms with E-state index in [9.17, 15) is 10.5 Å². The largest absolute Gasteiger partial charge is 0.457 e. The third kappa shape index (κ3) is 3.48. The molecule has 0 amide bonds. The zero-order valence-corrected chi connectivity index (χ0v) is 15.8. The van der Waals surface area contributed by atoms with Crippen LogP contribution >= 0.6 is 0 Å². The molecule has 0 spiro atoms. The number of anilines is 1. The summed E-state index contributed by atoms with van der Waals surface area (Å²) in [5.74, 6) is 1.20. The van der Waals surface area contributed by atoms with Gasteiger partial charge in [0.1, 0.15) is 29.2 Å². The van der Waals surface area contributed by atoms with Crippen LogP contribution in [0.3, 0.4) is 0 Å². The van der Waals surface area contributed by atoms with E-state index >= 15 is 0 Å². The van der Waals surface area contributed by atoms with Crippen molar-refractivity contribution < 1.29 is 4.74 Å². The van der Waals surface area contributed by atoms with Crippen LogP contribution in [0.4, 0.5) is 5.69 Å². The predicted molar refractivity (Wildman–Crippen MR) is 114 cm³/mol. The van der Waals surface area contributed by atoms with E-state index in [1.54, 1.807) is 6.08 Å². The fourth-order valence-electron chi connectivity index (χ4n) is 3.36. The monoisotopic (exact) mass is 375 g/mol. The molecule has 0 saturated carbocycles. The van der Waals surface area contributed by atoms with Gasteiger partial charge in [-0.3, -0.25) is 0 Å². The Morgan fingerprint density at radius 3 is 2.59 bits per heavy atom. The second-order valence-corrected chi connectivity index (χ2v) is 6.56. The molecule has 0 radical (unpaired) electrons. The van der Waals surface area contributed by atoms with E-state index in [1.807, 2.05) is 73.8 Å². The smallest absolute Gasteiger partial charge is 0.137 e. The number of allylic oxidation sites excluding steroid dienone is 7. The van der Waals surface area contributed by atoms with E-state index in [1.165, 1.54) is 5.56 Å². The zero-order valence-electron chi connectivity index (χ0n) is 15.8. The number of rotatable bonds is 2. The van der Waals surface area contributed by atoms with Gasteiger partial charge in [-0.2, -0.15) is 10.5 Å². The van der Waals surface area contributed by atoms with Crippen LogP contribution in [-0.2, 0) is 0 Å². The lowest BCUT2D eigenvalue weighted by Crippen LogP contribution is -2.18. The van der Waals surface area contributed by atoms with Crippen LogP contribution in [0, 0.1) is 22.7 Å². The van der Waals surface area contributed by atoms with Gasteiger partial charge in [0.05, 0.1) is 0 Å². The number of ether oxygens (including phenoxy) is 1. The van der Waals surface area contributed by atoms with Crippen molar-refractivity contribution in [3.05, 3.63) is 107 Å². The van der Waals surface area contributed by atoms with Gasteiger partial charge in [-0.05, 0) is 42.0 Å². The number of nitriles is 2. The van der Waals surface area contributed by atoms with Crippen molar-refractivity contribution in [2.45, 2.75) is 0 Å². The Labute approximate surface area is 169 Å². The van der Waals surface area contributed by atoms with Crippen LogP contribution in [0.5, 0.6) is 5.75 Å². The normalized spacial score (nSPS) is 15.8. The lowest BCUT2D eigenvalue weighted by atomic mass is 9.97. The summed E-state index contributed by atoms with van der Waals surface area (Å²) in [6, 6.07) is 19.6. The molecule has 0 N–H and O–H groups in total. The summed E-state index contributed by atoms with van der Waals surface area (Å²) in [6.07, 6.45) is 11.6. The van der Waals surface area contributed by atoms with E-state index in [0.29, 0.717) is 17.1 Å². The summed E-state index contributed by atoms with van der Waals surface area (Å²) >= 11 is 0. The first-order valence-corrected chi connectivity index (χ1v) is 9.14. The number of hydrogen-bond acceptors (Lipinski definition) is 4. The van der Waals surface area contributed by atoms with Crippen LogP contribution in [0.15, 0.2) is 95.9 Å². The van der Waals surface area contributed by atoms with Gasteiger partial charge in [0.2, 0.25) is 0 Å². The fraction of sp³-hybridized carbons (Fsp3) is 0.0400. The van der Waals surface area contributed by atoms with Gasteiger partial charge in [0, 0.05) is 29.6 Å². The minimum Gasteiger partial charge on any atom is -0.457 e. The third-order valence-electron chi connectivity index (χ3n) is 4.83. The van der Waals surface area contributed by atoms with Crippen LogP contribution in [-0.4, -0.2) is 7.05 Å². The van der Waals surface area contributed by atoms with Gasteiger partial charge in [0.25, 0.3) is 0 Å². The van der Waals surface area contributed by atoms with Gasteiger partial charge in [-0.25, -0.2) is 0 Å². The Morgan fingerprint density at radius 1 is 1.00 bits per heavy atom. The topological polar surface area (TPSA) is 60.0 Å². The van der Waals surface area contributed by atoms with Crippen molar-refractivity contribution in [2.75, 3.05) is 11.9 Å². The lowest BCUT2D eigenvalue weighted by Gasteiger charge is -2.26. The number of nitrogens with zero attached hydrogens (tertiary/aromatic N) is 3. The van der Waals surface area contributed by atoms with Crippen molar-refractivity contribution in [3.63, 3.8) is 0 Å². The maximum absolute atomic E-state index is 9.30. The first-order valence-electron chi connectivity index (χ1n) is 9.14. The summed E-state index contributed by atoms with van der Waals surface area (Å²) in [5.41, 5.74) is 4.76. The highest BCUT2D eigenvalue weighted by Gasteiger charge is 2.18. The number of benzene rings is 2. The third-order valence-corrected chi connectivity index (χ3v) is 4.83. The van der Waals surface area contributed by atoms with Crippen LogP contribution < -0.4 is 9.64 Å². The highest BCUT2D eigenvalue weighted by Crippen LogP contribution is 2.35. The van der Waals surface area contributed by atoms with E-state index in [2.05, 4.69) is 29.2 Å². The Bertz CT molecular complexity index is 1200. The number of hydrogen-bond donors (Lipinski definition) is 0. The maximum Gasteiger partial charge on any atom is 0.137 e. The fourth-order valence-corrected chi connectivity index (χ4v) is 3.36. The van der Waals surface area contributed by atoms with Crippen molar-refractivity contribution in [2.24, 2.45) is 0 Å². The lowest BCUT2D eigenvalue weighted by molar-refractivity contribution is 0.439. The number of likely N-dealkylation sites (N-methyl/N-ethyl adjacent to an activating group) is 1. The SMILES string of the molecule is CN1/C(=C/C=C/C2=CC(=C(C#N)C#N)c3ccccc3O2)C=Cc2ccccc21. The molecule has 0 aromatic heterocycles. The Kier molecular flexibility index (Phi) is 4.84. The first kappa shape index (κ1) is 18.1. The molecule has 4 rings (SSSR count). The minimum absolute atomic E-state index is 0.0663. The van der Waals surface area contributed by atoms with Crippen molar-refractivity contribution in [1.29, 1.82) is 10.5 Å². The van der Waals surface area contributed by atoms with Gasteiger partial charge in [-0.1, -0.05) is 48.6 Å². The molecule has 0 saturated heterocycles.